The Bertz CT molecular complexity index is 351. The van der Waals surface area contributed by atoms with Crippen LogP contribution in [0.25, 0.3) is 0 Å². The van der Waals surface area contributed by atoms with Gasteiger partial charge in [-0.25, -0.2) is 0 Å². The van der Waals surface area contributed by atoms with Gasteiger partial charge in [0.25, 0.3) is 0 Å². The average molecular weight is 392 g/mol. The molecule has 0 saturated carbocycles. The number of nitrogens with two attached hydrogens (primary N) is 1. The molecular formula is C27H53N. The maximum atomic E-state index is 6.23. The van der Waals surface area contributed by atoms with Crippen LogP contribution >= 0.6 is 0 Å². The summed E-state index contributed by atoms with van der Waals surface area (Å²) >= 11 is 0. The van der Waals surface area contributed by atoms with Crippen LogP contribution < -0.4 is 5.73 Å². The number of allylic oxidation sites excluding steroid dienone is 4. The quantitative estimate of drug-likeness (QED) is 0.153. The molecule has 0 aromatic carbocycles. The zero-order valence-corrected chi connectivity index (χ0v) is 19.8. The lowest BCUT2D eigenvalue weighted by molar-refractivity contribution is 0.499. The first-order valence-electron chi connectivity index (χ1n) is 12.7. The van der Waals surface area contributed by atoms with Gasteiger partial charge in [0.05, 0.1) is 0 Å². The lowest BCUT2D eigenvalue weighted by Crippen LogP contribution is -2.19. The third kappa shape index (κ3) is 23.5. The number of hydrogen-bond acceptors (Lipinski definition) is 1. The highest BCUT2D eigenvalue weighted by atomic mass is 14.6. The van der Waals surface area contributed by atoms with Gasteiger partial charge in [-0.2, -0.15) is 0 Å². The van der Waals surface area contributed by atoms with Crippen molar-refractivity contribution in [3.63, 3.8) is 0 Å². The summed E-state index contributed by atoms with van der Waals surface area (Å²) in [5.74, 6) is 0. The van der Waals surface area contributed by atoms with Crippen LogP contribution in [0, 0.1) is 0 Å². The zero-order chi connectivity index (χ0) is 20.7. The van der Waals surface area contributed by atoms with Gasteiger partial charge in [-0.1, -0.05) is 101 Å². The van der Waals surface area contributed by atoms with Gasteiger partial charge in [0.2, 0.25) is 0 Å². The molecule has 0 bridgehead atoms. The molecule has 0 aliphatic carbocycles. The SMILES string of the molecule is CCCCCCCC/C=C/CCCCCCCCCC(N)CCCC=C(C)C. The molecule has 0 aliphatic rings. The van der Waals surface area contributed by atoms with E-state index in [2.05, 4.69) is 39.0 Å². The van der Waals surface area contributed by atoms with Gasteiger partial charge < -0.3 is 5.73 Å². The second kappa shape index (κ2) is 22.7. The second-order valence-corrected chi connectivity index (χ2v) is 9.05. The lowest BCUT2D eigenvalue weighted by Gasteiger charge is -2.10. The van der Waals surface area contributed by atoms with Gasteiger partial charge in [-0.05, 0) is 65.2 Å². The molecule has 0 amide bonds. The van der Waals surface area contributed by atoms with Crippen molar-refractivity contribution < 1.29 is 0 Å². The smallest absolute Gasteiger partial charge is 0.00389 e. The first-order chi connectivity index (χ1) is 13.7. The molecule has 1 nitrogen and oxygen atoms in total. The molecule has 0 spiro atoms. The molecule has 0 rings (SSSR count). The maximum Gasteiger partial charge on any atom is 0.00389 e. The fraction of sp³-hybridized carbons (Fsp3) is 0.852. The first kappa shape index (κ1) is 27.4. The van der Waals surface area contributed by atoms with Gasteiger partial charge in [-0.3, -0.25) is 0 Å². The van der Waals surface area contributed by atoms with Gasteiger partial charge in [0, 0.05) is 6.04 Å². The van der Waals surface area contributed by atoms with E-state index >= 15 is 0 Å². The molecule has 0 aromatic heterocycles. The number of hydrogen-bond donors (Lipinski definition) is 1. The van der Waals surface area contributed by atoms with Crippen molar-refractivity contribution in [2.75, 3.05) is 0 Å². The van der Waals surface area contributed by atoms with Crippen LogP contribution in [0.5, 0.6) is 0 Å². The highest BCUT2D eigenvalue weighted by Gasteiger charge is 2.01. The summed E-state index contributed by atoms with van der Waals surface area (Å²) in [6.45, 7) is 6.64. The van der Waals surface area contributed by atoms with Crippen LogP contribution in [0.3, 0.4) is 0 Å². The lowest BCUT2D eigenvalue weighted by atomic mass is 10.0. The van der Waals surface area contributed by atoms with E-state index in [-0.39, 0.29) is 0 Å². The van der Waals surface area contributed by atoms with E-state index < -0.39 is 0 Å². The molecule has 1 unspecified atom stereocenters. The molecule has 28 heavy (non-hydrogen) atoms. The normalized spacial score (nSPS) is 12.6. The van der Waals surface area contributed by atoms with Gasteiger partial charge in [-0.15, -0.1) is 0 Å². The summed E-state index contributed by atoms with van der Waals surface area (Å²) in [7, 11) is 0. The van der Waals surface area contributed by atoms with E-state index in [9.17, 15) is 0 Å². The molecule has 1 atom stereocenters. The van der Waals surface area contributed by atoms with Crippen LogP contribution in [0.4, 0.5) is 0 Å². The fourth-order valence-electron chi connectivity index (χ4n) is 3.75. The van der Waals surface area contributed by atoms with Gasteiger partial charge >= 0.3 is 0 Å². The highest BCUT2D eigenvalue weighted by molar-refractivity contribution is 4.92. The van der Waals surface area contributed by atoms with E-state index in [0.717, 1.165) is 0 Å². The van der Waals surface area contributed by atoms with Crippen LogP contribution in [0.1, 0.15) is 143 Å². The summed E-state index contributed by atoms with van der Waals surface area (Å²) in [5, 5.41) is 0. The third-order valence-electron chi connectivity index (χ3n) is 5.67. The minimum absolute atomic E-state index is 0.425. The average Bonchev–Trinajstić information content (AvgIpc) is 2.67. The minimum Gasteiger partial charge on any atom is -0.328 e. The topological polar surface area (TPSA) is 26.0 Å². The minimum atomic E-state index is 0.425. The van der Waals surface area contributed by atoms with Crippen molar-refractivity contribution in [2.45, 2.75) is 149 Å². The summed E-state index contributed by atoms with van der Waals surface area (Å²) in [5.41, 5.74) is 7.66. The van der Waals surface area contributed by atoms with E-state index in [0.29, 0.717) is 6.04 Å². The Morgan fingerprint density at radius 3 is 1.61 bits per heavy atom. The Hall–Kier alpha value is -0.560. The summed E-state index contributed by atoms with van der Waals surface area (Å²) in [6, 6.07) is 0.425. The molecule has 2 N–H and O–H groups in total. The molecule has 166 valence electrons. The summed E-state index contributed by atoms with van der Waals surface area (Å²) in [6.07, 6.45) is 32.8. The monoisotopic (exact) mass is 391 g/mol. The predicted molar refractivity (Wildman–Crippen MR) is 130 cm³/mol. The van der Waals surface area contributed by atoms with Gasteiger partial charge in [0.15, 0.2) is 0 Å². The van der Waals surface area contributed by atoms with E-state index in [1.54, 1.807) is 0 Å². The van der Waals surface area contributed by atoms with Crippen molar-refractivity contribution in [3.05, 3.63) is 23.8 Å². The van der Waals surface area contributed by atoms with Crippen molar-refractivity contribution in [2.24, 2.45) is 5.73 Å². The Morgan fingerprint density at radius 2 is 1.07 bits per heavy atom. The predicted octanol–water partition coefficient (Wildman–Crippen LogP) is 9.27. The molecule has 0 saturated heterocycles. The number of unbranched alkanes of at least 4 members (excludes halogenated alkanes) is 14. The van der Waals surface area contributed by atoms with Crippen LogP contribution in [-0.4, -0.2) is 6.04 Å². The highest BCUT2D eigenvalue weighted by Crippen LogP contribution is 2.13. The maximum absolute atomic E-state index is 6.23. The van der Waals surface area contributed by atoms with E-state index in [1.807, 2.05) is 0 Å². The summed E-state index contributed by atoms with van der Waals surface area (Å²) < 4.78 is 0. The molecule has 1 heteroatoms. The Morgan fingerprint density at radius 1 is 0.607 bits per heavy atom. The van der Waals surface area contributed by atoms with Crippen LogP contribution in [0.15, 0.2) is 23.8 Å². The molecule has 0 radical (unpaired) electrons. The van der Waals surface area contributed by atoms with Crippen molar-refractivity contribution in [1.29, 1.82) is 0 Å². The fourth-order valence-corrected chi connectivity index (χ4v) is 3.75. The van der Waals surface area contributed by atoms with Crippen LogP contribution in [0.2, 0.25) is 0 Å². The Labute approximate surface area is 178 Å². The molecular weight excluding hydrogens is 338 g/mol. The van der Waals surface area contributed by atoms with E-state index in [4.69, 9.17) is 5.73 Å². The largest absolute Gasteiger partial charge is 0.328 e. The standard InChI is InChI=1S/C27H53N/c1-4-5-6-7-8-9-10-11-12-13-14-15-16-17-18-19-20-24-27(28)25-22-21-23-26(2)3/h11-12,23,27H,4-10,13-22,24-25,28H2,1-3H3/b12-11+. The molecule has 0 aromatic rings. The molecule has 0 fully saturated rings. The molecule has 0 heterocycles. The van der Waals surface area contributed by atoms with Gasteiger partial charge in [0.1, 0.15) is 0 Å². The third-order valence-corrected chi connectivity index (χ3v) is 5.67. The Kier molecular flexibility index (Phi) is 22.3. The summed E-state index contributed by atoms with van der Waals surface area (Å²) in [4.78, 5) is 0. The second-order valence-electron chi connectivity index (χ2n) is 9.05. The van der Waals surface area contributed by atoms with Crippen molar-refractivity contribution in [1.82, 2.24) is 0 Å². The first-order valence-corrected chi connectivity index (χ1v) is 12.7. The van der Waals surface area contributed by atoms with E-state index in [1.165, 1.54) is 128 Å². The Balaban J connectivity index is 3.20. The van der Waals surface area contributed by atoms with Crippen molar-refractivity contribution >= 4 is 0 Å². The van der Waals surface area contributed by atoms with Crippen molar-refractivity contribution in [3.8, 4) is 0 Å². The van der Waals surface area contributed by atoms with Crippen LogP contribution in [-0.2, 0) is 0 Å². The zero-order valence-electron chi connectivity index (χ0n) is 19.8. The molecule has 0 aliphatic heterocycles. The number of rotatable bonds is 21.